The van der Waals surface area contributed by atoms with E-state index < -0.39 is 0 Å². The number of aryl methyl sites for hydroxylation is 2. The molecule has 0 amide bonds. The lowest BCUT2D eigenvalue weighted by atomic mass is 9.94. The molecule has 1 fully saturated rings. The fourth-order valence-corrected chi connectivity index (χ4v) is 3.41. The molecule has 3 rings (SSSR count). The second kappa shape index (κ2) is 8.29. The second-order valence-corrected chi connectivity index (χ2v) is 7.17. The van der Waals surface area contributed by atoms with Gasteiger partial charge < -0.3 is 4.90 Å². The van der Waals surface area contributed by atoms with Crippen molar-refractivity contribution >= 4 is 17.9 Å². The summed E-state index contributed by atoms with van der Waals surface area (Å²) in [5.41, 5.74) is 6.64. The van der Waals surface area contributed by atoms with E-state index in [1.54, 1.807) is 0 Å². The fraction of sp³-hybridized carbons (Fsp3) is 0.292. The normalized spacial score (nSPS) is 20.7. The Bertz CT molecular complexity index is 756. The van der Waals surface area contributed by atoms with Crippen LogP contribution in [0.15, 0.2) is 59.7 Å². The lowest BCUT2D eigenvalue weighted by Crippen LogP contribution is -3.10. The number of quaternary nitrogens is 1. The predicted molar refractivity (Wildman–Crippen MR) is 109 cm³/mol. The average molecular weight is 346 g/mol. The highest BCUT2D eigenvalue weighted by atomic mass is 16.1. The van der Waals surface area contributed by atoms with Gasteiger partial charge in [0.05, 0.1) is 18.2 Å². The SMILES string of the molecule is CCc1ccc(/C=C2\C[NH+](C)C/C(=C\c3ccc(CC)cc3)C2=O)cc1. The van der Waals surface area contributed by atoms with Gasteiger partial charge in [-0.2, -0.15) is 0 Å². The van der Waals surface area contributed by atoms with E-state index in [4.69, 9.17) is 0 Å². The van der Waals surface area contributed by atoms with Crippen LogP contribution >= 0.6 is 0 Å². The minimum absolute atomic E-state index is 0.190. The van der Waals surface area contributed by atoms with Gasteiger partial charge in [-0.3, -0.25) is 4.79 Å². The van der Waals surface area contributed by atoms with Gasteiger partial charge in [-0.1, -0.05) is 62.4 Å². The number of likely N-dealkylation sites (tertiary alicyclic amines) is 1. The molecule has 134 valence electrons. The monoisotopic (exact) mass is 346 g/mol. The third-order valence-corrected chi connectivity index (χ3v) is 5.03. The van der Waals surface area contributed by atoms with Crippen LogP contribution in [-0.4, -0.2) is 25.9 Å². The Morgan fingerprint density at radius 1 is 0.769 bits per heavy atom. The fourth-order valence-electron chi connectivity index (χ4n) is 3.41. The first-order valence-corrected chi connectivity index (χ1v) is 9.54. The highest BCUT2D eigenvalue weighted by Gasteiger charge is 2.26. The third-order valence-electron chi connectivity index (χ3n) is 5.03. The van der Waals surface area contributed by atoms with E-state index in [1.165, 1.54) is 16.0 Å². The molecule has 2 nitrogen and oxygen atoms in total. The van der Waals surface area contributed by atoms with Gasteiger partial charge in [0.2, 0.25) is 0 Å². The van der Waals surface area contributed by atoms with Crippen molar-refractivity contribution in [3.63, 3.8) is 0 Å². The summed E-state index contributed by atoms with van der Waals surface area (Å²) in [4.78, 5) is 14.3. The number of piperidine rings is 1. The van der Waals surface area contributed by atoms with Crippen LogP contribution < -0.4 is 4.90 Å². The van der Waals surface area contributed by atoms with Crippen molar-refractivity contribution in [1.29, 1.82) is 0 Å². The molecule has 2 aromatic rings. The van der Waals surface area contributed by atoms with E-state index in [2.05, 4.69) is 81.6 Å². The van der Waals surface area contributed by atoms with Crippen LogP contribution in [0.5, 0.6) is 0 Å². The summed E-state index contributed by atoms with van der Waals surface area (Å²) in [5, 5.41) is 0. The Morgan fingerprint density at radius 3 is 1.50 bits per heavy atom. The third kappa shape index (κ3) is 4.39. The van der Waals surface area contributed by atoms with Crippen LogP contribution in [-0.2, 0) is 17.6 Å². The van der Waals surface area contributed by atoms with Crippen molar-refractivity contribution < 1.29 is 9.69 Å². The number of likely N-dealkylation sites (N-methyl/N-ethyl adjacent to an activating group) is 1. The molecule has 1 saturated heterocycles. The smallest absolute Gasteiger partial charge is 0.196 e. The Kier molecular flexibility index (Phi) is 5.85. The molecule has 0 unspecified atom stereocenters. The van der Waals surface area contributed by atoms with E-state index >= 15 is 0 Å². The summed E-state index contributed by atoms with van der Waals surface area (Å²) >= 11 is 0. The van der Waals surface area contributed by atoms with E-state index in [0.29, 0.717) is 0 Å². The maximum absolute atomic E-state index is 13.0. The molecule has 2 aromatic carbocycles. The minimum Gasteiger partial charge on any atom is -0.330 e. The van der Waals surface area contributed by atoms with Crippen molar-refractivity contribution in [2.45, 2.75) is 26.7 Å². The first-order valence-electron chi connectivity index (χ1n) is 9.54. The Labute approximate surface area is 156 Å². The largest absolute Gasteiger partial charge is 0.330 e. The molecule has 1 heterocycles. The summed E-state index contributed by atoms with van der Waals surface area (Å²) in [6.45, 7) is 5.86. The molecule has 0 saturated carbocycles. The number of hydrogen-bond acceptors (Lipinski definition) is 1. The van der Waals surface area contributed by atoms with Crippen LogP contribution in [0.2, 0.25) is 0 Å². The zero-order chi connectivity index (χ0) is 18.5. The summed E-state index contributed by atoms with van der Waals surface area (Å²) in [5.74, 6) is 0.190. The van der Waals surface area contributed by atoms with Crippen LogP contribution in [0, 0.1) is 0 Å². The maximum atomic E-state index is 13.0. The van der Waals surface area contributed by atoms with Crippen LogP contribution in [0.4, 0.5) is 0 Å². The Morgan fingerprint density at radius 2 is 1.15 bits per heavy atom. The number of Topliss-reactive ketones (excluding diaryl/α,β-unsaturated/α-hetero) is 1. The van der Waals surface area contributed by atoms with Gasteiger partial charge in [-0.05, 0) is 47.2 Å². The molecule has 1 aliphatic rings. The Balaban J connectivity index is 1.86. The number of hydrogen-bond donors (Lipinski definition) is 1. The number of ketones is 1. The van der Waals surface area contributed by atoms with Crippen LogP contribution in [0.25, 0.3) is 12.2 Å². The van der Waals surface area contributed by atoms with Gasteiger partial charge in [-0.25, -0.2) is 0 Å². The molecule has 0 bridgehead atoms. The number of benzene rings is 2. The lowest BCUT2D eigenvalue weighted by molar-refractivity contribution is -0.870. The molecule has 0 atom stereocenters. The number of carbonyl (C=O) groups excluding carboxylic acids is 1. The maximum Gasteiger partial charge on any atom is 0.196 e. The highest BCUT2D eigenvalue weighted by Crippen LogP contribution is 2.17. The molecular weight excluding hydrogens is 318 g/mol. The van der Waals surface area contributed by atoms with Crippen molar-refractivity contribution in [3.05, 3.63) is 81.9 Å². The van der Waals surface area contributed by atoms with Gasteiger partial charge in [0.25, 0.3) is 0 Å². The first kappa shape index (κ1) is 18.3. The van der Waals surface area contributed by atoms with E-state index in [1.807, 2.05) is 0 Å². The zero-order valence-electron chi connectivity index (χ0n) is 16.0. The molecule has 26 heavy (non-hydrogen) atoms. The average Bonchev–Trinajstić information content (AvgIpc) is 2.66. The van der Waals surface area contributed by atoms with Gasteiger partial charge in [0.15, 0.2) is 5.78 Å². The standard InChI is InChI=1S/C24H27NO/c1-4-18-6-10-20(11-7-18)14-22-16-25(3)17-23(24(22)26)15-21-12-8-19(5-2)9-13-21/h6-15H,4-5,16-17H2,1-3H3/p+1/b22-14+,23-15+. The lowest BCUT2D eigenvalue weighted by Gasteiger charge is -2.23. The second-order valence-electron chi connectivity index (χ2n) is 7.17. The zero-order valence-corrected chi connectivity index (χ0v) is 16.0. The van der Waals surface area contributed by atoms with Crippen LogP contribution in [0.1, 0.15) is 36.1 Å². The first-order chi connectivity index (χ1) is 12.6. The van der Waals surface area contributed by atoms with Gasteiger partial charge in [-0.15, -0.1) is 0 Å². The molecule has 0 aromatic heterocycles. The summed E-state index contributed by atoms with van der Waals surface area (Å²) in [7, 11) is 2.15. The number of rotatable bonds is 4. The van der Waals surface area contributed by atoms with E-state index in [9.17, 15) is 4.79 Å². The highest BCUT2D eigenvalue weighted by molar-refractivity contribution is 6.14. The summed E-state index contributed by atoms with van der Waals surface area (Å²) in [6.07, 6.45) is 6.18. The molecule has 0 aliphatic carbocycles. The quantitative estimate of drug-likeness (QED) is 0.842. The Hall–Kier alpha value is -2.45. The van der Waals surface area contributed by atoms with Crippen molar-refractivity contribution in [2.75, 3.05) is 20.1 Å². The van der Waals surface area contributed by atoms with E-state index in [-0.39, 0.29) is 5.78 Å². The van der Waals surface area contributed by atoms with E-state index in [0.717, 1.165) is 48.2 Å². The van der Waals surface area contributed by atoms with Crippen LogP contribution in [0.3, 0.4) is 0 Å². The van der Waals surface area contributed by atoms with Crippen molar-refractivity contribution in [2.24, 2.45) is 0 Å². The topological polar surface area (TPSA) is 21.5 Å². The van der Waals surface area contributed by atoms with Gasteiger partial charge in [0, 0.05) is 0 Å². The van der Waals surface area contributed by atoms with Crippen molar-refractivity contribution in [1.82, 2.24) is 0 Å². The summed E-state index contributed by atoms with van der Waals surface area (Å²) in [6, 6.07) is 17.0. The summed E-state index contributed by atoms with van der Waals surface area (Å²) < 4.78 is 0. The van der Waals surface area contributed by atoms with Crippen molar-refractivity contribution in [3.8, 4) is 0 Å². The molecular formula is C24H28NO+. The molecule has 0 spiro atoms. The molecule has 1 aliphatic heterocycles. The molecule has 0 radical (unpaired) electrons. The minimum atomic E-state index is 0.190. The molecule has 1 N–H and O–H groups in total. The molecule has 2 heteroatoms. The predicted octanol–water partition coefficient (Wildman–Crippen LogP) is 3.38. The number of carbonyl (C=O) groups is 1. The van der Waals surface area contributed by atoms with Gasteiger partial charge in [0.1, 0.15) is 13.1 Å². The van der Waals surface area contributed by atoms with Gasteiger partial charge >= 0.3 is 0 Å². The number of nitrogens with one attached hydrogen (secondary N) is 1.